The summed E-state index contributed by atoms with van der Waals surface area (Å²) in [7, 11) is 1.52. The molecule has 0 amide bonds. The summed E-state index contributed by atoms with van der Waals surface area (Å²) in [6.07, 6.45) is 0. The third-order valence-electron chi connectivity index (χ3n) is 2.79. The molecule has 0 radical (unpaired) electrons. The molecule has 0 fully saturated rings. The molecule has 3 N–H and O–H groups in total. The lowest BCUT2D eigenvalue weighted by Gasteiger charge is -2.07. The van der Waals surface area contributed by atoms with Gasteiger partial charge in [0.15, 0.2) is 0 Å². The van der Waals surface area contributed by atoms with Gasteiger partial charge in [0, 0.05) is 23.4 Å². The van der Waals surface area contributed by atoms with E-state index in [1.165, 1.54) is 19.2 Å². The number of nitrogens with zero attached hydrogens (tertiary/aromatic N) is 2. The largest absolute Gasteiger partial charge is 0.507 e. The molecule has 0 aliphatic rings. The van der Waals surface area contributed by atoms with E-state index < -0.39 is 0 Å². The van der Waals surface area contributed by atoms with Gasteiger partial charge in [0.05, 0.1) is 12.8 Å². The van der Waals surface area contributed by atoms with Crippen molar-refractivity contribution in [3.05, 3.63) is 45.9 Å². The Morgan fingerprint density at radius 3 is 2.81 bits per heavy atom. The number of methoxy groups -OCH3 is 1. The minimum Gasteiger partial charge on any atom is -0.507 e. The number of aromatic nitrogens is 2. The van der Waals surface area contributed by atoms with Crippen molar-refractivity contribution in [2.45, 2.75) is 13.8 Å². The highest BCUT2D eigenvalue weighted by atomic mass is 16.5. The van der Waals surface area contributed by atoms with E-state index >= 15 is 0 Å². The first-order chi connectivity index (χ1) is 9.99. The van der Waals surface area contributed by atoms with Crippen molar-refractivity contribution in [3.8, 4) is 11.5 Å². The molecule has 0 spiro atoms. The number of aryl methyl sites for hydroxylation is 1. The van der Waals surface area contributed by atoms with Gasteiger partial charge >= 0.3 is 0 Å². The van der Waals surface area contributed by atoms with Crippen LogP contribution in [-0.2, 0) is 0 Å². The molecule has 110 valence electrons. The number of hydrogen-bond donors (Lipinski definition) is 3. The zero-order valence-electron chi connectivity index (χ0n) is 12.0. The highest BCUT2D eigenvalue weighted by Gasteiger charge is 2.06. The minimum atomic E-state index is -0.259. The molecule has 2 rings (SSSR count). The lowest BCUT2D eigenvalue weighted by atomic mass is 10.1. The van der Waals surface area contributed by atoms with E-state index in [9.17, 15) is 9.90 Å². The van der Waals surface area contributed by atoms with Gasteiger partial charge in [-0.25, -0.2) is 10.4 Å². The average Bonchev–Trinajstić information content (AvgIpc) is 2.43. The molecule has 7 nitrogen and oxygen atoms in total. The molecule has 21 heavy (non-hydrogen) atoms. The Kier molecular flexibility index (Phi) is 4.22. The predicted octanol–water partition coefficient (Wildman–Crippen LogP) is 1.63. The summed E-state index contributed by atoms with van der Waals surface area (Å²) in [5, 5.41) is 14.0. The van der Waals surface area contributed by atoms with Crippen LogP contribution in [0, 0.1) is 6.92 Å². The monoisotopic (exact) mass is 288 g/mol. The van der Waals surface area contributed by atoms with E-state index in [4.69, 9.17) is 4.74 Å². The Balaban J connectivity index is 2.23. The molecule has 0 saturated carbocycles. The summed E-state index contributed by atoms with van der Waals surface area (Å²) in [5.41, 5.74) is 4.08. The fourth-order valence-corrected chi connectivity index (χ4v) is 1.77. The van der Waals surface area contributed by atoms with Crippen LogP contribution in [0.3, 0.4) is 0 Å². The van der Waals surface area contributed by atoms with Gasteiger partial charge in [0.25, 0.3) is 5.56 Å². The molecule has 0 unspecified atom stereocenters. The van der Waals surface area contributed by atoms with Crippen LogP contribution in [-0.4, -0.2) is 27.9 Å². The number of nitrogens with one attached hydrogen (secondary N) is 2. The van der Waals surface area contributed by atoms with Crippen LogP contribution in [0.15, 0.2) is 34.2 Å². The first-order valence-electron chi connectivity index (χ1n) is 6.25. The maximum absolute atomic E-state index is 11.3. The fourth-order valence-electron chi connectivity index (χ4n) is 1.77. The number of H-pyrrole nitrogens is 1. The molecular weight excluding hydrogens is 272 g/mol. The summed E-state index contributed by atoms with van der Waals surface area (Å²) in [6.45, 7) is 3.44. The fraction of sp³-hybridized carbons (Fsp3) is 0.214. The number of benzene rings is 1. The molecule has 1 heterocycles. The number of hydrogen-bond acceptors (Lipinski definition) is 6. The summed E-state index contributed by atoms with van der Waals surface area (Å²) >= 11 is 0. The number of hydrazone groups is 1. The van der Waals surface area contributed by atoms with Crippen LogP contribution in [0.4, 0.5) is 5.95 Å². The summed E-state index contributed by atoms with van der Waals surface area (Å²) in [6, 6.07) is 6.31. The standard InChI is InChI=1S/C14H16N4O3/c1-8-6-13(20)16-14(15-8)18-17-9(2)11-5-4-10(21-3)7-12(11)19/h4-7,19H,1-3H3,(H2,15,16,18,20)/b17-9+. The number of anilines is 1. The van der Waals surface area contributed by atoms with Crippen molar-refractivity contribution in [1.29, 1.82) is 0 Å². The van der Waals surface area contributed by atoms with Crippen molar-refractivity contribution in [3.63, 3.8) is 0 Å². The number of phenolic OH excluding ortho intramolecular Hbond substituents is 1. The quantitative estimate of drug-likeness (QED) is 0.586. The third kappa shape index (κ3) is 3.59. The maximum atomic E-state index is 11.3. The predicted molar refractivity (Wildman–Crippen MR) is 80.1 cm³/mol. The van der Waals surface area contributed by atoms with Gasteiger partial charge in [-0.1, -0.05) is 0 Å². The first-order valence-corrected chi connectivity index (χ1v) is 6.25. The van der Waals surface area contributed by atoms with Crippen molar-refractivity contribution in [2.24, 2.45) is 5.10 Å². The van der Waals surface area contributed by atoms with Crippen LogP contribution in [0.5, 0.6) is 11.5 Å². The lowest BCUT2D eigenvalue weighted by molar-refractivity contribution is 0.407. The maximum Gasteiger partial charge on any atom is 0.252 e. The second-order valence-electron chi connectivity index (χ2n) is 4.43. The minimum absolute atomic E-state index is 0.0584. The average molecular weight is 288 g/mol. The third-order valence-corrected chi connectivity index (χ3v) is 2.79. The number of aromatic hydroxyl groups is 1. The van der Waals surface area contributed by atoms with E-state index in [2.05, 4.69) is 20.5 Å². The first kappa shape index (κ1) is 14.6. The number of phenols is 1. The topological polar surface area (TPSA) is 99.6 Å². The van der Waals surface area contributed by atoms with E-state index in [1.807, 2.05) is 0 Å². The number of aromatic amines is 1. The molecule has 0 atom stereocenters. The Hall–Kier alpha value is -2.83. The van der Waals surface area contributed by atoms with Crippen LogP contribution >= 0.6 is 0 Å². The van der Waals surface area contributed by atoms with E-state index in [0.717, 1.165) is 0 Å². The molecular formula is C14H16N4O3. The highest BCUT2D eigenvalue weighted by molar-refractivity contribution is 6.01. The Morgan fingerprint density at radius 2 is 2.19 bits per heavy atom. The Labute approximate surface area is 121 Å². The van der Waals surface area contributed by atoms with E-state index in [0.29, 0.717) is 22.7 Å². The van der Waals surface area contributed by atoms with Crippen molar-refractivity contribution in [1.82, 2.24) is 9.97 Å². The highest BCUT2D eigenvalue weighted by Crippen LogP contribution is 2.23. The normalized spacial score (nSPS) is 11.3. The van der Waals surface area contributed by atoms with Crippen molar-refractivity contribution in [2.75, 3.05) is 12.5 Å². The molecule has 1 aromatic heterocycles. The van der Waals surface area contributed by atoms with Gasteiger partial charge in [-0.2, -0.15) is 5.10 Å². The summed E-state index contributed by atoms with van der Waals surface area (Å²) in [4.78, 5) is 17.9. The number of rotatable bonds is 4. The van der Waals surface area contributed by atoms with Gasteiger partial charge in [0.2, 0.25) is 5.95 Å². The van der Waals surface area contributed by atoms with E-state index in [1.54, 1.807) is 26.0 Å². The smallest absolute Gasteiger partial charge is 0.252 e. The summed E-state index contributed by atoms with van der Waals surface area (Å²) < 4.78 is 5.02. The number of ether oxygens (including phenoxy) is 1. The molecule has 0 bridgehead atoms. The SMILES string of the molecule is COc1ccc(/C(C)=N/Nc2nc(C)cc(=O)[nH]2)c(O)c1. The molecule has 0 aliphatic carbocycles. The second kappa shape index (κ2) is 6.08. The van der Waals surface area contributed by atoms with Crippen molar-refractivity contribution >= 4 is 11.7 Å². The molecule has 7 heteroatoms. The Bertz CT molecular complexity index is 737. The van der Waals surface area contributed by atoms with Crippen LogP contribution in [0.1, 0.15) is 18.2 Å². The molecule has 0 saturated heterocycles. The van der Waals surface area contributed by atoms with Gasteiger partial charge in [0.1, 0.15) is 11.5 Å². The lowest BCUT2D eigenvalue weighted by Crippen LogP contribution is -2.11. The molecule has 0 aliphatic heterocycles. The van der Waals surface area contributed by atoms with E-state index in [-0.39, 0.29) is 17.3 Å². The zero-order chi connectivity index (χ0) is 15.4. The Morgan fingerprint density at radius 1 is 1.43 bits per heavy atom. The molecule has 2 aromatic rings. The van der Waals surface area contributed by atoms with Gasteiger partial charge in [-0.05, 0) is 26.0 Å². The van der Waals surface area contributed by atoms with Crippen molar-refractivity contribution < 1.29 is 9.84 Å². The molecule has 1 aromatic carbocycles. The van der Waals surface area contributed by atoms with Crippen LogP contribution < -0.4 is 15.7 Å². The zero-order valence-corrected chi connectivity index (χ0v) is 12.0. The second-order valence-corrected chi connectivity index (χ2v) is 4.43. The van der Waals surface area contributed by atoms with Crippen LogP contribution in [0.25, 0.3) is 0 Å². The van der Waals surface area contributed by atoms with Crippen LogP contribution in [0.2, 0.25) is 0 Å². The van der Waals surface area contributed by atoms with Gasteiger partial charge in [-0.3, -0.25) is 9.78 Å². The van der Waals surface area contributed by atoms with Gasteiger partial charge < -0.3 is 9.84 Å². The summed E-state index contributed by atoms with van der Waals surface area (Å²) in [5.74, 6) is 0.858. The van der Waals surface area contributed by atoms with Gasteiger partial charge in [-0.15, -0.1) is 0 Å².